The van der Waals surface area contributed by atoms with Crippen LogP contribution in [0.2, 0.25) is 0 Å². The lowest BCUT2D eigenvalue weighted by atomic mass is 10.4. The van der Waals surface area contributed by atoms with E-state index in [0.29, 0.717) is 18.7 Å². The Morgan fingerprint density at radius 3 is 3.07 bits per heavy atom. The molecule has 0 bridgehead atoms. The van der Waals surface area contributed by atoms with Crippen LogP contribution in [0.4, 0.5) is 5.88 Å². The van der Waals surface area contributed by atoms with Gasteiger partial charge in [-0.2, -0.15) is 0 Å². The monoisotopic (exact) mass is 208 g/mol. The zero-order valence-corrected chi connectivity index (χ0v) is 8.23. The second kappa shape index (κ2) is 4.16. The molecule has 1 aromatic heterocycles. The van der Waals surface area contributed by atoms with Gasteiger partial charge in [-0.1, -0.05) is 0 Å². The van der Waals surface area contributed by atoms with E-state index in [1.807, 2.05) is 4.90 Å². The Morgan fingerprint density at radius 2 is 2.33 bits per heavy atom. The second-order valence-corrected chi connectivity index (χ2v) is 3.42. The quantitative estimate of drug-likeness (QED) is 0.715. The van der Waals surface area contributed by atoms with E-state index in [-0.39, 0.29) is 18.2 Å². The van der Waals surface area contributed by atoms with Gasteiger partial charge in [0.25, 0.3) is 0 Å². The molecule has 0 radical (unpaired) electrons. The fourth-order valence-electron chi connectivity index (χ4n) is 1.57. The topological polar surface area (TPSA) is 62.6 Å². The Morgan fingerprint density at radius 1 is 1.47 bits per heavy atom. The van der Waals surface area contributed by atoms with Crippen LogP contribution >= 0.6 is 0 Å². The largest absolute Gasteiger partial charge is 0.438 e. The van der Waals surface area contributed by atoms with Gasteiger partial charge in [0.15, 0.2) is 17.9 Å². The highest BCUT2D eigenvalue weighted by Gasteiger charge is 2.17. The summed E-state index contributed by atoms with van der Waals surface area (Å²) >= 11 is 0. The molecule has 2 rings (SSSR count). The molecular weight excluding hydrogens is 196 g/mol. The average Bonchev–Trinajstić information content (AvgIpc) is 2.61. The van der Waals surface area contributed by atoms with Crippen molar-refractivity contribution in [3.8, 4) is 0 Å². The first-order chi connectivity index (χ1) is 7.29. The minimum absolute atomic E-state index is 0.0171. The van der Waals surface area contributed by atoms with Gasteiger partial charge in [0.2, 0.25) is 5.91 Å². The van der Waals surface area contributed by atoms with Crippen molar-refractivity contribution in [3.05, 3.63) is 17.9 Å². The molecule has 0 atom stereocenters. The van der Waals surface area contributed by atoms with Crippen LogP contribution in [0.5, 0.6) is 0 Å². The van der Waals surface area contributed by atoms with E-state index in [4.69, 9.17) is 4.42 Å². The summed E-state index contributed by atoms with van der Waals surface area (Å²) in [6.07, 6.45) is 1.53. The molecule has 0 aromatic carbocycles. The molecule has 15 heavy (non-hydrogen) atoms. The molecule has 1 fully saturated rings. The van der Waals surface area contributed by atoms with E-state index in [2.05, 4.69) is 5.32 Å². The molecule has 1 aliphatic heterocycles. The van der Waals surface area contributed by atoms with Crippen molar-refractivity contribution in [2.24, 2.45) is 0 Å². The third-order valence-electron chi connectivity index (χ3n) is 2.30. The van der Waals surface area contributed by atoms with Crippen LogP contribution in [0.3, 0.4) is 0 Å². The molecule has 80 valence electrons. The molecule has 0 aliphatic carbocycles. The Hall–Kier alpha value is -1.78. The predicted molar refractivity (Wildman–Crippen MR) is 53.9 cm³/mol. The van der Waals surface area contributed by atoms with Crippen molar-refractivity contribution >= 4 is 18.1 Å². The number of carbonyl (C=O) groups is 2. The van der Waals surface area contributed by atoms with Crippen molar-refractivity contribution in [2.45, 2.75) is 6.42 Å². The van der Waals surface area contributed by atoms with Gasteiger partial charge < -0.3 is 14.6 Å². The van der Waals surface area contributed by atoms with Crippen molar-refractivity contribution in [1.29, 1.82) is 0 Å². The number of rotatable bonds is 2. The van der Waals surface area contributed by atoms with Crippen molar-refractivity contribution in [1.82, 2.24) is 5.32 Å². The SMILES string of the molecule is O=Cc1ccc(N2CCCNC(=O)C2)o1. The molecular formula is C10H12N2O3. The van der Waals surface area contributed by atoms with Crippen molar-refractivity contribution in [2.75, 3.05) is 24.5 Å². The fraction of sp³-hybridized carbons (Fsp3) is 0.400. The van der Waals surface area contributed by atoms with Crippen molar-refractivity contribution in [3.63, 3.8) is 0 Å². The van der Waals surface area contributed by atoms with Crippen LogP contribution in [-0.4, -0.2) is 31.8 Å². The maximum atomic E-state index is 11.3. The number of hydrogen-bond acceptors (Lipinski definition) is 4. The smallest absolute Gasteiger partial charge is 0.239 e. The Kier molecular flexibility index (Phi) is 2.71. The number of nitrogens with one attached hydrogen (secondary N) is 1. The van der Waals surface area contributed by atoms with Gasteiger partial charge in [0, 0.05) is 19.2 Å². The summed E-state index contributed by atoms with van der Waals surface area (Å²) in [6.45, 7) is 1.73. The molecule has 1 aromatic rings. The standard InChI is InChI=1S/C10H12N2O3/c13-7-8-2-3-10(15-8)12-5-1-4-11-9(14)6-12/h2-3,7H,1,4-6H2,(H,11,14). The van der Waals surface area contributed by atoms with Gasteiger partial charge in [-0.05, 0) is 12.5 Å². The van der Waals surface area contributed by atoms with E-state index in [1.54, 1.807) is 12.1 Å². The zero-order valence-electron chi connectivity index (χ0n) is 8.23. The first-order valence-electron chi connectivity index (χ1n) is 4.86. The normalized spacial score (nSPS) is 17.1. The summed E-state index contributed by atoms with van der Waals surface area (Å²) in [4.78, 5) is 23.6. The lowest BCUT2D eigenvalue weighted by molar-refractivity contribution is -0.119. The van der Waals surface area contributed by atoms with Crippen molar-refractivity contribution < 1.29 is 14.0 Å². The third kappa shape index (κ3) is 2.18. The van der Waals surface area contributed by atoms with Gasteiger partial charge in [0.1, 0.15) is 0 Å². The van der Waals surface area contributed by atoms with Crippen LogP contribution in [0.25, 0.3) is 0 Å². The number of nitrogens with zero attached hydrogens (tertiary/aromatic N) is 1. The molecule has 1 saturated heterocycles. The first-order valence-corrected chi connectivity index (χ1v) is 4.86. The van der Waals surface area contributed by atoms with E-state index in [9.17, 15) is 9.59 Å². The van der Waals surface area contributed by atoms with Crippen LogP contribution in [0, 0.1) is 0 Å². The summed E-state index contributed by atoms with van der Waals surface area (Å²) in [5.74, 6) is 0.848. The predicted octanol–water partition coefficient (Wildman–Crippen LogP) is 0.418. The molecule has 2 heterocycles. The summed E-state index contributed by atoms with van der Waals surface area (Å²) in [5.41, 5.74) is 0. The van der Waals surface area contributed by atoms with Crippen LogP contribution in [-0.2, 0) is 4.79 Å². The Balaban J connectivity index is 2.14. The summed E-state index contributed by atoms with van der Waals surface area (Å²) < 4.78 is 5.25. The molecule has 0 spiro atoms. The molecule has 0 unspecified atom stereocenters. The highest BCUT2D eigenvalue weighted by Crippen LogP contribution is 2.18. The molecule has 5 nitrogen and oxygen atoms in total. The number of hydrogen-bond donors (Lipinski definition) is 1. The summed E-state index contributed by atoms with van der Waals surface area (Å²) in [5, 5.41) is 2.77. The molecule has 5 heteroatoms. The van der Waals surface area contributed by atoms with Crippen LogP contribution < -0.4 is 10.2 Å². The molecule has 1 amide bonds. The van der Waals surface area contributed by atoms with E-state index in [0.717, 1.165) is 13.0 Å². The summed E-state index contributed by atoms with van der Waals surface area (Å²) in [6, 6.07) is 3.31. The number of carbonyl (C=O) groups excluding carboxylic acids is 2. The lowest BCUT2D eigenvalue weighted by Gasteiger charge is -2.17. The number of furan rings is 1. The number of anilines is 1. The third-order valence-corrected chi connectivity index (χ3v) is 2.30. The number of aldehydes is 1. The van der Waals surface area contributed by atoms with Crippen LogP contribution in [0.1, 0.15) is 17.0 Å². The van der Waals surface area contributed by atoms with E-state index < -0.39 is 0 Å². The van der Waals surface area contributed by atoms with Gasteiger partial charge in [0.05, 0.1) is 6.54 Å². The zero-order chi connectivity index (χ0) is 10.7. The maximum Gasteiger partial charge on any atom is 0.239 e. The van der Waals surface area contributed by atoms with Gasteiger partial charge in [-0.25, -0.2) is 0 Å². The minimum atomic E-state index is -0.0171. The first kappa shape index (κ1) is 9.76. The molecule has 1 N–H and O–H groups in total. The minimum Gasteiger partial charge on any atom is -0.438 e. The Labute approximate surface area is 87.0 Å². The van der Waals surface area contributed by atoms with Gasteiger partial charge in [-0.3, -0.25) is 9.59 Å². The second-order valence-electron chi connectivity index (χ2n) is 3.42. The maximum absolute atomic E-state index is 11.3. The van der Waals surface area contributed by atoms with Gasteiger partial charge in [-0.15, -0.1) is 0 Å². The molecule has 1 aliphatic rings. The summed E-state index contributed by atoms with van der Waals surface area (Å²) in [7, 11) is 0. The fourth-order valence-corrected chi connectivity index (χ4v) is 1.57. The van der Waals surface area contributed by atoms with E-state index in [1.165, 1.54) is 0 Å². The highest BCUT2D eigenvalue weighted by molar-refractivity contribution is 5.81. The molecule has 0 saturated carbocycles. The van der Waals surface area contributed by atoms with Gasteiger partial charge >= 0.3 is 0 Å². The Bertz CT molecular complexity index is 372. The lowest BCUT2D eigenvalue weighted by Crippen LogP contribution is -2.32. The van der Waals surface area contributed by atoms with Crippen LogP contribution in [0.15, 0.2) is 16.5 Å². The number of amides is 1. The highest BCUT2D eigenvalue weighted by atomic mass is 16.4. The average molecular weight is 208 g/mol. The van der Waals surface area contributed by atoms with E-state index >= 15 is 0 Å².